The highest BCUT2D eigenvalue weighted by molar-refractivity contribution is 7.30. The van der Waals surface area contributed by atoms with Gasteiger partial charge < -0.3 is 10.2 Å². The van der Waals surface area contributed by atoms with Gasteiger partial charge >= 0.3 is 0 Å². The normalized spacial score (nSPS) is 18.3. The number of piperazine rings is 1. The number of aryl methyl sites for hydroxylation is 1. The molecule has 0 spiro atoms. The number of halogens is 1. The molecule has 3 aromatic heterocycles. The van der Waals surface area contributed by atoms with Crippen molar-refractivity contribution in [2.75, 3.05) is 24.5 Å². The fourth-order valence-corrected chi connectivity index (χ4v) is 5.70. The molecule has 1 N–H and O–H groups in total. The number of thiazole rings is 1. The molecule has 0 radical (unpaired) electrons. The van der Waals surface area contributed by atoms with Crippen LogP contribution >= 0.6 is 22.7 Å². The van der Waals surface area contributed by atoms with Gasteiger partial charge in [0.2, 0.25) is 0 Å². The quantitative estimate of drug-likeness (QED) is 0.568. The summed E-state index contributed by atoms with van der Waals surface area (Å²) >= 11 is 3.34. The van der Waals surface area contributed by atoms with E-state index in [9.17, 15) is 4.39 Å². The number of nitrogens with one attached hydrogen (secondary N) is 1. The van der Waals surface area contributed by atoms with Crippen molar-refractivity contribution in [1.29, 1.82) is 0 Å². The molecule has 134 valence electrons. The summed E-state index contributed by atoms with van der Waals surface area (Å²) in [5.74, 6) is -0.299. The molecule has 0 aliphatic carbocycles. The van der Waals surface area contributed by atoms with Crippen LogP contribution in [-0.2, 0) is 7.05 Å². The number of benzene rings is 1. The number of thiophene rings is 1. The van der Waals surface area contributed by atoms with Gasteiger partial charge in [0.15, 0.2) is 5.82 Å². The number of aromatic nitrogens is 3. The SMILES string of the molecule is CC1CN(c2cc3sc(-c4cc(F)c5nn(C)cc5c4)nc3s2)CCN1. The lowest BCUT2D eigenvalue weighted by Crippen LogP contribution is -2.49. The fraction of sp³-hybridized carbons (Fsp3) is 0.333. The second-order valence-electron chi connectivity index (χ2n) is 6.77. The Balaban J connectivity index is 1.51. The molecule has 1 unspecified atom stereocenters. The minimum Gasteiger partial charge on any atom is -0.361 e. The highest BCUT2D eigenvalue weighted by Crippen LogP contribution is 2.39. The average molecular weight is 388 g/mol. The molecule has 5 nitrogen and oxygen atoms in total. The Morgan fingerprint density at radius 3 is 2.96 bits per heavy atom. The molecule has 1 aliphatic rings. The van der Waals surface area contributed by atoms with E-state index < -0.39 is 0 Å². The van der Waals surface area contributed by atoms with Crippen LogP contribution in [0.3, 0.4) is 0 Å². The van der Waals surface area contributed by atoms with Crippen molar-refractivity contribution in [3.63, 3.8) is 0 Å². The van der Waals surface area contributed by atoms with Gasteiger partial charge in [-0.15, -0.1) is 11.3 Å². The molecule has 5 rings (SSSR count). The van der Waals surface area contributed by atoms with Crippen LogP contribution in [0.5, 0.6) is 0 Å². The van der Waals surface area contributed by atoms with Crippen molar-refractivity contribution >= 4 is 48.1 Å². The Kier molecular flexibility index (Phi) is 3.73. The van der Waals surface area contributed by atoms with Gasteiger partial charge in [-0.25, -0.2) is 9.37 Å². The van der Waals surface area contributed by atoms with Crippen molar-refractivity contribution in [3.8, 4) is 10.6 Å². The van der Waals surface area contributed by atoms with E-state index in [0.29, 0.717) is 11.6 Å². The van der Waals surface area contributed by atoms with Crippen molar-refractivity contribution in [1.82, 2.24) is 20.1 Å². The zero-order valence-electron chi connectivity index (χ0n) is 14.5. The topological polar surface area (TPSA) is 46.0 Å². The second kappa shape index (κ2) is 6.00. The molecule has 4 aromatic rings. The number of anilines is 1. The van der Waals surface area contributed by atoms with E-state index in [1.807, 2.05) is 12.3 Å². The van der Waals surface area contributed by atoms with Gasteiger partial charge in [0.05, 0.1) is 9.70 Å². The van der Waals surface area contributed by atoms with Gasteiger partial charge in [-0.05, 0) is 25.1 Å². The lowest BCUT2D eigenvalue weighted by atomic mass is 10.1. The summed E-state index contributed by atoms with van der Waals surface area (Å²) < 4.78 is 17.2. The van der Waals surface area contributed by atoms with Crippen LogP contribution in [-0.4, -0.2) is 40.4 Å². The summed E-state index contributed by atoms with van der Waals surface area (Å²) in [4.78, 5) is 8.22. The molecule has 1 fully saturated rings. The molecule has 1 aromatic carbocycles. The summed E-state index contributed by atoms with van der Waals surface area (Å²) in [5.41, 5.74) is 1.22. The van der Waals surface area contributed by atoms with Gasteiger partial charge in [0, 0.05) is 49.9 Å². The molecule has 8 heteroatoms. The monoisotopic (exact) mass is 387 g/mol. The highest BCUT2D eigenvalue weighted by atomic mass is 32.1. The summed E-state index contributed by atoms with van der Waals surface area (Å²) in [5, 5.41) is 10.6. The van der Waals surface area contributed by atoms with Crippen LogP contribution in [0, 0.1) is 5.82 Å². The van der Waals surface area contributed by atoms with Crippen molar-refractivity contribution in [2.45, 2.75) is 13.0 Å². The average Bonchev–Trinajstić information content (AvgIpc) is 3.26. The number of hydrogen-bond donors (Lipinski definition) is 1. The number of fused-ring (bicyclic) bond motifs is 2. The van der Waals surface area contributed by atoms with E-state index in [1.165, 1.54) is 11.1 Å². The lowest BCUT2D eigenvalue weighted by Gasteiger charge is -2.32. The van der Waals surface area contributed by atoms with Gasteiger partial charge in [0.25, 0.3) is 0 Å². The van der Waals surface area contributed by atoms with E-state index in [0.717, 1.165) is 45.1 Å². The van der Waals surface area contributed by atoms with Gasteiger partial charge in [-0.2, -0.15) is 5.10 Å². The molecule has 4 heterocycles. The molecule has 0 bridgehead atoms. The van der Waals surface area contributed by atoms with E-state index >= 15 is 0 Å². The summed E-state index contributed by atoms with van der Waals surface area (Å²) in [6.45, 7) is 5.26. The maximum atomic E-state index is 14.4. The molecule has 1 aliphatic heterocycles. The first kappa shape index (κ1) is 16.2. The van der Waals surface area contributed by atoms with E-state index in [2.05, 4.69) is 28.3 Å². The first-order valence-electron chi connectivity index (χ1n) is 8.59. The van der Waals surface area contributed by atoms with Crippen LogP contribution in [0.25, 0.3) is 31.0 Å². The zero-order valence-corrected chi connectivity index (χ0v) is 16.1. The number of rotatable bonds is 2. The van der Waals surface area contributed by atoms with Crippen LogP contribution < -0.4 is 10.2 Å². The molecular weight excluding hydrogens is 369 g/mol. The van der Waals surface area contributed by atoms with Gasteiger partial charge in [-0.1, -0.05) is 11.3 Å². The Labute approximate surface area is 158 Å². The lowest BCUT2D eigenvalue weighted by molar-refractivity contribution is 0.486. The second-order valence-corrected chi connectivity index (χ2v) is 8.81. The van der Waals surface area contributed by atoms with Crippen LogP contribution in [0.1, 0.15) is 6.92 Å². The zero-order chi connectivity index (χ0) is 17.8. The molecule has 1 saturated heterocycles. The maximum absolute atomic E-state index is 14.4. The van der Waals surface area contributed by atoms with Crippen molar-refractivity contribution in [2.24, 2.45) is 7.05 Å². The van der Waals surface area contributed by atoms with Crippen molar-refractivity contribution < 1.29 is 4.39 Å². The van der Waals surface area contributed by atoms with Crippen LogP contribution in [0.15, 0.2) is 24.4 Å². The Bertz CT molecular complexity index is 1080. The molecule has 26 heavy (non-hydrogen) atoms. The molecular formula is C18H18FN5S2. The third-order valence-corrected chi connectivity index (χ3v) is 6.95. The smallest absolute Gasteiger partial charge is 0.152 e. The first-order valence-corrected chi connectivity index (χ1v) is 10.2. The van der Waals surface area contributed by atoms with Crippen LogP contribution in [0.2, 0.25) is 0 Å². The summed E-state index contributed by atoms with van der Waals surface area (Å²) in [6, 6.07) is 6.23. The summed E-state index contributed by atoms with van der Waals surface area (Å²) in [7, 11) is 1.80. The predicted octanol–water partition coefficient (Wildman–Crippen LogP) is 3.85. The van der Waals surface area contributed by atoms with E-state index in [4.69, 9.17) is 4.98 Å². The minimum absolute atomic E-state index is 0.299. The number of nitrogens with zero attached hydrogens (tertiary/aromatic N) is 4. The molecule has 1 atom stereocenters. The van der Waals surface area contributed by atoms with Crippen molar-refractivity contribution in [3.05, 3.63) is 30.2 Å². The largest absolute Gasteiger partial charge is 0.361 e. The predicted molar refractivity (Wildman–Crippen MR) is 107 cm³/mol. The Morgan fingerprint density at radius 1 is 1.27 bits per heavy atom. The third-order valence-electron chi connectivity index (χ3n) is 4.68. The third kappa shape index (κ3) is 2.69. The van der Waals surface area contributed by atoms with E-state index in [-0.39, 0.29) is 5.82 Å². The number of hydrogen-bond acceptors (Lipinski definition) is 6. The summed E-state index contributed by atoms with van der Waals surface area (Å²) in [6.07, 6.45) is 1.83. The molecule has 0 saturated carbocycles. The van der Waals surface area contributed by atoms with Gasteiger partial charge in [-0.3, -0.25) is 4.68 Å². The van der Waals surface area contributed by atoms with Crippen LogP contribution in [0.4, 0.5) is 9.39 Å². The highest BCUT2D eigenvalue weighted by Gasteiger charge is 2.20. The Hall–Kier alpha value is -2.03. The van der Waals surface area contributed by atoms with E-state index in [1.54, 1.807) is 34.4 Å². The fourth-order valence-electron chi connectivity index (χ4n) is 3.47. The Morgan fingerprint density at radius 2 is 2.15 bits per heavy atom. The standard InChI is InChI=1S/C18H18FN5S2/c1-10-8-24(4-3-20-10)15-7-14-18(26-15)21-17(25-14)11-5-12-9-23(2)22-16(12)13(19)6-11/h5-7,9-10,20H,3-4,8H2,1-2H3. The minimum atomic E-state index is -0.299. The maximum Gasteiger partial charge on any atom is 0.152 e. The first-order chi connectivity index (χ1) is 12.6. The molecule has 0 amide bonds. The van der Waals surface area contributed by atoms with Gasteiger partial charge in [0.1, 0.15) is 15.4 Å².